The fourth-order valence-corrected chi connectivity index (χ4v) is 3.24. The van der Waals surface area contributed by atoms with E-state index in [2.05, 4.69) is 36.8 Å². The van der Waals surface area contributed by atoms with Crippen molar-refractivity contribution in [2.24, 2.45) is 0 Å². The molecular weight excluding hydrogens is 396 g/mol. The molecule has 136 valence electrons. The number of hydrogen-bond donors (Lipinski definition) is 3. The van der Waals surface area contributed by atoms with Crippen molar-refractivity contribution in [1.82, 2.24) is 10.2 Å². The monoisotopic (exact) mass is 416 g/mol. The highest BCUT2D eigenvalue weighted by Crippen LogP contribution is 2.31. The fourth-order valence-electron chi connectivity index (χ4n) is 2.77. The van der Waals surface area contributed by atoms with E-state index >= 15 is 0 Å². The maximum atomic E-state index is 12.5. The molecular formula is C19H21BrN4O2. The molecule has 1 aliphatic heterocycles. The van der Waals surface area contributed by atoms with Gasteiger partial charge in [-0.2, -0.15) is 0 Å². The normalized spacial score (nSPS) is 12.7. The van der Waals surface area contributed by atoms with Gasteiger partial charge in [-0.05, 0) is 50.5 Å². The van der Waals surface area contributed by atoms with E-state index in [4.69, 9.17) is 0 Å². The average Bonchev–Trinajstić information content (AvgIpc) is 3.00. The first-order chi connectivity index (χ1) is 12.5. The lowest BCUT2D eigenvalue weighted by molar-refractivity contribution is 0.0966. The second kappa shape index (κ2) is 7.88. The van der Waals surface area contributed by atoms with E-state index in [9.17, 15) is 9.59 Å². The van der Waals surface area contributed by atoms with Gasteiger partial charge in [0.15, 0.2) is 0 Å². The second-order valence-corrected chi connectivity index (χ2v) is 7.25. The number of halogens is 1. The Kier molecular flexibility index (Phi) is 5.58. The van der Waals surface area contributed by atoms with Gasteiger partial charge in [0.2, 0.25) is 0 Å². The van der Waals surface area contributed by atoms with Crippen LogP contribution >= 0.6 is 15.9 Å². The van der Waals surface area contributed by atoms with E-state index in [1.165, 1.54) is 0 Å². The zero-order valence-electron chi connectivity index (χ0n) is 14.7. The molecule has 0 unspecified atom stereocenters. The van der Waals surface area contributed by atoms with Gasteiger partial charge in [-0.15, -0.1) is 0 Å². The summed E-state index contributed by atoms with van der Waals surface area (Å²) in [4.78, 5) is 26.7. The van der Waals surface area contributed by atoms with Gasteiger partial charge in [0.1, 0.15) is 0 Å². The van der Waals surface area contributed by atoms with Crippen molar-refractivity contribution in [3.63, 3.8) is 0 Å². The first-order valence-corrected chi connectivity index (χ1v) is 9.14. The standard InChI is InChI=1S/C19H21BrN4O2/c1-24(2)10-9-21-13-5-3-12(4-6-13)18(25)23-16-8-7-15(20)14-11-22-19(26)17(14)16/h3-8,21H,9-11H2,1-2H3,(H,22,26)(H,23,25). The average molecular weight is 417 g/mol. The number of carbonyl (C=O) groups is 2. The molecule has 0 aliphatic carbocycles. The van der Waals surface area contributed by atoms with Crippen LogP contribution in [0.3, 0.4) is 0 Å². The lowest BCUT2D eigenvalue weighted by Gasteiger charge is -2.12. The third-order valence-electron chi connectivity index (χ3n) is 4.19. The lowest BCUT2D eigenvalue weighted by atomic mass is 10.1. The number of nitrogens with zero attached hydrogens (tertiary/aromatic N) is 1. The molecule has 1 heterocycles. The summed E-state index contributed by atoms with van der Waals surface area (Å²) < 4.78 is 0.858. The molecule has 3 rings (SSSR count). The summed E-state index contributed by atoms with van der Waals surface area (Å²) >= 11 is 3.44. The molecule has 0 saturated carbocycles. The Morgan fingerprint density at radius 2 is 1.92 bits per heavy atom. The summed E-state index contributed by atoms with van der Waals surface area (Å²) in [6, 6.07) is 10.9. The number of nitrogens with one attached hydrogen (secondary N) is 3. The summed E-state index contributed by atoms with van der Waals surface area (Å²) in [6.07, 6.45) is 0. The molecule has 6 nitrogen and oxygen atoms in total. The van der Waals surface area contributed by atoms with Crippen LogP contribution in [0.4, 0.5) is 11.4 Å². The number of amides is 2. The highest BCUT2D eigenvalue weighted by molar-refractivity contribution is 9.10. The highest BCUT2D eigenvalue weighted by Gasteiger charge is 2.25. The first-order valence-electron chi connectivity index (χ1n) is 8.35. The van der Waals surface area contributed by atoms with Crippen LogP contribution in [0.5, 0.6) is 0 Å². The molecule has 0 fully saturated rings. The van der Waals surface area contributed by atoms with Gasteiger partial charge < -0.3 is 20.9 Å². The SMILES string of the molecule is CN(C)CCNc1ccc(C(=O)Nc2ccc(Br)c3c2C(=O)NC3)cc1. The quantitative estimate of drug-likeness (QED) is 0.676. The van der Waals surface area contributed by atoms with E-state index in [1.54, 1.807) is 18.2 Å². The van der Waals surface area contributed by atoms with Crippen LogP contribution in [0, 0.1) is 0 Å². The van der Waals surface area contributed by atoms with Gasteiger partial charge in [0.05, 0.1) is 11.3 Å². The molecule has 3 N–H and O–H groups in total. The van der Waals surface area contributed by atoms with Crippen LogP contribution in [0.25, 0.3) is 0 Å². The highest BCUT2D eigenvalue weighted by atomic mass is 79.9. The predicted octanol–water partition coefficient (Wildman–Crippen LogP) is 2.92. The van der Waals surface area contributed by atoms with Crippen molar-refractivity contribution in [1.29, 1.82) is 0 Å². The first kappa shape index (κ1) is 18.4. The van der Waals surface area contributed by atoms with Gasteiger partial charge >= 0.3 is 0 Å². The maximum absolute atomic E-state index is 12.5. The second-order valence-electron chi connectivity index (χ2n) is 6.39. The van der Waals surface area contributed by atoms with Gasteiger partial charge in [-0.3, -0.25) is 9.59 Å². The number of likely N-dealkylation sites (N-methyl/N-ethyl adjacent to an activating group) is 1. The van der Waals surface area contributed by atoms with Crippen LogP contribution in [0.1, 0.15) is 26.3 Å². The zero-order chi connectivity index (χ0) is 18.7. The van der Waals surface area contributed by atoms with E-state index in [1.807, 2.05) is 32.3 Å². The Balaban J connectivity index is 1.69. The van der Waals surface area contributed by atoms with Crippen molar-refractivity contribution in [3.8, 4) is 0 Å². The Labute approximate surface area is 161 Å². The number of hydrogen-bond acceptors (Lipinski definition) is 4. The van der Waals surface area contributed by atoms with Crippen molar-refractivity contribution < 1.29 is 9.59 Å². The van der Waals surface area contributed by atoms with Crippen LogP contribution in [-0.4, -0.2) is 43.9 Å². The minimum Gasteiger partial charge on any atom is -0.384 e. The van der Waals surface area contributed by atoms with Crippen LogP contribution in [0.15, 0.2) is 40.9 Å². The summed E-state index contributed by atoms with van der Waals surface area (Å²) in [6.45, 7) is 2.23. The minimum absolute atomic E-state index is 0.169. The number of carbonyl (C=O) groups excluding carboxylic acids is 2. The molecule has 2 aromatic carbocycles. The van der Waals surface area contributed by atoms with E-state index in [0.29, 0.717) is 23.4 Å². The summed E-state index contributed by atoms with van der Waals surface area (Å²) in [5.41, 5.74) is 3.42. The summed E-state index contributed by atoms with van der Waals surface area (Å²) in [5.74, 6) is -0.411. The van der Waals surface area contributed by atoms with Crippen LogP contribution in [-0.2, 0) is 6.54 Å². The largest absolute Gasteiger partial charge is 0.384 e. The molecule has 7 heteroatoms. The maximum Gasteiger partial charge on any atom is 0.255 e. The molecule has 0 bridgehead atoms. The Hall–Kier alpha value is -2.38. The molecule has 0 saturated heterocycles. The molecule has 0 radical (unpaired) electrons. The molecule has 26 heavy (non-hydrogen) atoms. The smallest absolute Gasteiger partial charge is 0.255 e. The summed E-state index contributed by atoms with van der Waals surface area (Å²) in [5, 5.41) is 8.93. The van der Waals surface area contributed by atoms with E-state index in [0.717, 1.165) is 28.8 Å². The molecule has 0 atom stereocenters. The molecule has 1 aliphatic rings. The van der Waals surface area contributed by atoms with Gasteiger partial charge in [0.25, 0.3) is 11.8 Å². The predicted molar refractivity (Wildman–Crippen MR) is 107 cm³/mol. The number of rotatable bonds is 6. The molecule has 0 spiro atoms. The fraction of sp³-hybridized carbons (Fsp3) is 0.263. The van der Waals surface area contributed by atoms with Crippen LogP contribution < -0.4 is 16.0 Å². The Bertz CT molecular complexity index is 834. The lowest BCUT2D eigenvalue weighted by Crippen LogP contribution is -2.20. The summed E-state index contributed by atoms with van der Waals surface area (Å²) in [7, 11) is 4.04. The van der Waals surface area contributed by atoms with Crippen molar-refractivity contribution in [2.45, 2.75) is 6.54 Å². The topological polar surface area (TPSA) is 73.5 Å². The number of anilines is 2. The molecule has 0 aromatic heterocycles. The van der Waals surface area contributed by atoms with Crippen molar-refractivity contribution >= 4 is 39.1 Å². The third-order valence-corrected chi connectivity index (χ3v) is 4.93. The van der Waals surface area contributed by atoms with Crippen molar-refractivity contribution in [2.75, 3.05) is 37.8 Å². The van der Waals surface area contributed by atoms with E-state index < -0.39 is 0 Å². The van der Waals surface area contributed by atoms with Gasteiger partial charge in [-0.25, -0.2) is 0 Å². The Morgan fingerprint density at radius 1 is 1.19 bits per heavy atom. The zero-order valence-corrected chi connectivity index (χ0v) is 16.3. The third kappa shape index (κ3) is 4.05. The van der Waals surface area contributed by atoms with Gasteiger partial charge in [0, 0.05) is 40.9 Å². The Morgan fingerprint density at radius 3 is 2.62 bits per heavy atom. The minimum atomic E-state index is -0.242. The molecule has 2 amide bonds. The van der Waals surface area contributed by atoms with E-state index in [-0.39, 0.29) is 11.8 Å². The number of benzene rings is 2. The van der Waals surface area contributed by atoms with Crippen molar-refractivity contribution in [3.05, 3.63) is 57.6 Å². The molecule has 2 aromatic rings. The van der Waals surface area contributed by atoms with Crippen LogP contribution in [0.2, 0.25) is 0 Å². The number of fused-ring (bicyclic) bond motifs is 1. The van der Waals surface area contributed by atoms with Gasteiger partial charge in [-0.1, -0.05) is 15.9 Å².